The second kappa shape index (κ2) is 8.02. The number of aromatic nitrogens is 2. The first-order valence-corrected chi connectivity index (χ1v) is 9.63. The summed E-state index contributed by atoms with van der Waals surface area (Å²) in [5, 5.41) is 3.51. The van der Waals surface area contributed by atoms with Crippen molar-refractivity contribution in [2.45, 2.75) is 33.5 Å². The van der Waals surface area contributed by atoms with Crippen LogP contribution in [0, 0.1) is 13.8 Å². The number of nitrogens with zero attached hydrogens (tertiary/aromatic N) is 3. The fraction of sp³-hybridized carbons (Fsp3) is 0.350. The monoisotopic (exact) mass is 384 g/mol. The summed E-state index contributed by atoms with van der Waals surface area (Å²) in [6.07, 6.45) is 0. The molecule has 27 heavy (non-hydrogen) atoms. The number of hydrogen-bond donors (Lipinski definition) is 1. The molecule has 0 fully saturated rings. The number of amides is 1. The van der Waals surface area contributed by atoms with E-state index in [0.29, 0.717) is 24.3 Å². The molecule has 0 unspecified atom stereocenters. The van der Waals surface area contributed by atoms with E-state index in [4.69, 9.17) is 0 Å². The minimum Gasteiger partial charge on any atom is -0.350 e. The van der Waals surface area contributed by atoms with Gasteiger partial charge in [-0.1, -0.05) is 30.3 Å². The lowest BCUT2D eigenvalue weighted by atomic mass is 10.2. The van der Waals surface area contributed by atoms with Crippen molar-refractivity contribution in [3.8, 4) is 0 Å². The van der Waals surface area contributed by atoms with E-state index in [2.05, 4.69) is 10.3 Å². The Morgan fingerprint density at radius 1 is 1.22 bits per heavy atom. The minimum atomic E-state index is -0.202. The Balaban J connectivity index is 1.91. The van der Waals surface area contributed by atoms with E-state index in [0.717, 1.165) is 20.8 Å². The molecule has 3 aromatic rings. The molecule has 3 rings (SSSR count). The van der Waals surface area contributed by atoms with Gasteiger partial charge in [0.15, 0.2) is 0 Å². The van der Waals surface area contributed by atoms with Gasteiger partial charge in [0.25, 0.3) is 5.56 Å². The molecule has 1 amide bonds. The molecule has 0 bridgehead atoms. The quantitative estimate of drug-likeness (QED) is 0.709. The molecule has 0 aliphatic heterocycles. The van der Waals surface area contributed by atoms with E-state index >= 15 is 0 Å². The maximum Gasteiger partial charge on any atom is 0.263 e. The lowest BCUT2D eigenvalue weighted by Gasteiger charge is -2.16. The van der Waals surface area contributed by atoms with E-state index < -0.39 is 0 Å². The zero-order valence-electron chi connectivity index (χ0n) is 16.1. The predicted molar refractivity (Wildman–Crippen MR) is 109 cm³/mol. The fourth-order valence-electron chi connectivity index (χ4n) is 2.93. The van der Waals surface area contributed by atoms with Gasteiger partial charge in [0.05, 0.1) is 11.9 Å². The first kappa shape index (κ1) is 19.3. The van der Waals surface area contributed by atoms with Gasteiger partial charge >= 0.3 is 0 Å². The molecule has 0 saturated heterocycles. The van der Waals surface area contributed by atoms with Crippen LogP contribution in [-0.2, 0) is 24.4 Å². The number of hydrogen-bond acceptors (Lipinski definition) is 5. The minimum absolute atomic E-state index is 0.0356. The molecule has 6 nitrogen and oxygen atoms in total. The number of aryl methyl sites for hydroxylation is 2. The lowest BCUT2D eigenvalue weighted by Crippen LogP contribution is -2.35. The molecule has 1 N–H and O–H groups in total. The van der Waals surface area contributed by atoms with Crippen molar-refractivity contribution in [3.63, 3.8) is 0 Å². The summed E-state index contributed by atoms with van der Waals surface area (Å²) in [6, 6.07) is 9.70. The van der Waals surface area contributed by atoms with Gasteiger partial charge in [-0.25, -0.2) is 4.98 Å². The molecular weight excluding hydrogens is 360 g/mol. The van der Waals surface area contributed by atoms with Crippen LogP contribution < -0.4 is 10.9 Å². The summed E-state index contributed by atoms with van der Waals surface area (Å²) in [4.78, 5) is 34.1. The highest BCUT2D eigenvalue weighted by molar-refractivity contribution is 7.18. The highest BCUT2D eigenvalue weighted by Crippen LogP contribution is 2.26. The number of fused-ring (bicyclic) bond motifs is 1. The smallest absolute Gasteiger partial charge is 0.263 e. The Hall–Kier alpha value is -2.51. The van der Waals surface area contributed by atoms with E-state index in [1.165, 1.54) is 15.9 Å². The molecule has 7 heteroatoms. The van der Waals surface area contributed by atoms with Crippen LogP contribution >= 0.6 is 11.3 Å². The van der Waals surface area contributed by atoms with Crippen molar-refractivity contribution < 1.29 is 4.79 Å². The first-order chi connectivity index (χ1) is 12.9. The van der Waals surface area contributed by atoms with Crippen molar-refractivity contribution in [2.24, 2.45) is 0 Å². The van der Waals surface area contributed by atoms with Gasteiger partial charge in [-0.05, 0) is 39.1 Å². The van der Waals surface area contributed by atoms with Crippen LogP contribution in [0.25, 0.3) is 10.2 Å². The van der Waals surface area contributed by atoms with E-state index in [-0.39, 0.29) is 18.0 Å². The zero-order chi connectivity index (χ0) is 19.6. The van der Waals surface area contributed by atoms with Gasteiger partial charge < -0.3 is 10.2 Å². The summed E-state index contributed by atoms with van der Waals surface area (Å²) in [5.74, 6) is 0.403. The average Bonchev–Trinajstić information content (AvgIpc) is 2.91. The molecule has 0 atom stereocenters. The number of rotatable bonds is 6. The van der Waals surface area contributed by atoms with Gasteiger partial charge in [0.2, 0.25) is 5.91 Å². The largest absolute Gasteiger partial charge is 0.350 e. The average molecular weight is 385 g/mol. The van der Waals surface area contributed by atoms with Crippen molar-refractivity contribution >= 4 is 27.5 Å². The molecule has 0 aliphatic carbocycles. The van der Waals surface area contributed by atoms with Gasteiger partial charge in [0.1, 0.15) is 17.2 Å². The molecular formula is C20H24N4O2S. The van der Waals surface area contributed by atoms with E-state index in [1.54, 1.807) is 0 Å². The lowest BCUT2D eigenvalue weighted by molar-refractivity contribution is -0.121. The second-order valence-corrected chi connectivity index (χ2v) is 8.09. The van der Waals surface area contributed by atoms with Crippen LogP contribution in [0.5, 0.6) is 0 Å². The Morgan fingerprint density at radius 2 is 1.93 bits per heavy atom. The van der Waals surface area contributed by atoms with Gasteiger partial charge in [-0.3, -0.25) is 14.2 Å². The van der Waals surface area contributed by atoms with Crippen LogP contribution in [0.4, 0.5) is 0 Å². The molecule has 2 heterocycles. The number of thiophene rings is 1. The Morgan fingerprint density at radius 3 is 2.59 bits per heavy atom. The van der Waals surface area contributed by atoms with Crippen LogP contribution in [-0.4, -0.2) is 34.5 Å². The Labute approximate surface area is 162 Å². The topological polar surface area (TPSA) is 67.2 Å². The fourth-order valence-corrected chi connectivity index (χ4v) is 3.97. The van der Waals surface area contributed by atoms with Crippen molar-refractivity contribution in [1.29, 1.82) is 0 Å². The predicted octanol–water partition coefficient (Wildman–Crippen LogP) is 2.45. The standard InChI is InChI=1S/C20H24N4O2S/c1-13-14(2)27-19-18(13)20(26)24(16(22-19)11-23(3)4)12-17(25)21-10-15-8-6-5-7-9-15/h5-9H,10-12H2,1-4H3,(H,21,25). The molecule has 2 aromatic heterocycles. The SMILES string of the molecule is Cc1sc2nc(CN(C)C)n(CC(=O)NCc3ccccc3)c(=O)c2c1C. The van der Waals surface area contributed by atoms with Crippen LogP contribution in [0.2, 0.25) is 0 Å². The Kier molecular flexibility index (Phi) is 5.72. The van der Waals surface area contributed by atoms with Crippen LogP contribution in [0.15, 0.2) is 35.1 Å². The third kappa shape index (κ3) is 4.26. The Bertz CT molecular complexity index is 1020. The van der Waals surface area contributed by atoms with Crippen molar-refractivity contribution in [3.05, 3.63) is 62.5 Å². The molecule has 0 aliphatic rings. The maximum atomic E-state index is 13.1. The summed E-state index contributed by atoms with van der Waals surface area (Å²) < 4.78 is 1.50. The van der Waals surface area contributed by atoms with Crippen molar-refractivity contribution in [1.82, 2.24) is 19.8 Å². The molecule has 0 spiro atoms. The third-order valence-electron chi connectivity index (χ3n) is 4.46. The number of benzene rings is 1. The zero-order valence-corrected chi connectivity index (χ0v) is 16.9. The molecule has 142 valence electrons. The first-order valence-electron chi connectivity index (χ1n) is 8.81. The molecule has 0 radical (unpaired) electrons. The third-order valence-corrected chi connectivity index (χ3v) is 5.56. The molecule has 1 aromatic carbocycles. The summed E-state index contributed by atoms with van der Waals surface area (Å²) in [5.41, 5.74) is 1.82. The van der Waals surface area contributed by atoms with E-state index in [1.807, 2.05) is 63.2 Å². The number of nitrogens with one attached hydrogen (secondary N) is 1. The summed E-state index contributed by atoms with van der Waals surface area (Å²) >= 11 is 1.53. The normalized spacial score (nSPS) is 11.3. The number of carbonyl (C=O) groups is 1. The molecule has 0 saturated carbocycles. The van der Waals surface area contributed by atoms with Gasteiger partial charge in [-0.2, -0.15) is 0 Å². The number of carbonyl (C=O) groups excluding carboxylic acids is 1. The maximum absolute atomic E-state index is 13.1. The van der Waals surface area contributed by atoms with Crippen molar-refractivity contribution in [2.75, 3.05) is 14.1 Å². The second-order valence-electron chi connectivity index (χ2n) is 6.88. The summed E-state index contributed by atoms with van der Waals surface area (Å²) in [6.45, 7) is 4.81. The van der Waals surface area contributed by atoms with E-state index in [9.17, 15) is 9.59 Å². The highest BCUT2D eigenvalue weighted by Gasteiger charge is 2.18. The van der Waals surface area contributed by atoms with Crippen LogP contribution in [0.3, 0.4) is 0 Å². The van der Waals surface area contributed by atoms with Gasteiger partial charge in [0, 0.05) is 11.4 Å². The van der Waals surface area contributed by atoms with Crippen LogP contribution in [0.1, 0.15) is 21.8 Å². The highest BCUT2D eigenvalue weighted by atomic mass is 32.1. The van der Waals surface area contributed by atoms with Gasteiger partial charge in [-0.15, -0.1) is 11.3 Å². The summed E-state index contributed by atoms with van der Waals surface area (Å²) in [7, 11) is 3.84.